The van der Waals surface area contributed by atoms with Gasteiger partial charge in [0.1, 0.15) is 5.69 Å². The van der Waals surface area contributed by atoms with Crippen LogP contribution in [0.4, 0.5) is 5.69 Å². The molecule has 0 aromatic carbocycles. The van der Waals surface area contributed by atoms with Crippen molar-refractivity contribution in [3.63, 3.8) is 0 Å². The highest BCUT2D eigenvalue weighted by atomic mass is 32.1. The number of rotatable bonds is 4. The summed E-state index contributed by atoms with van der Waals surface area (Å²) in [6.45, 7) is 0.637. The molecule has 4 nitrogen and oxygen atoms in total. The molecule has 19 heavy (non-hydrogen) atoms. The number of carbonyl (C=O) groups excluding carboxylic acids is 1. The van der Waals surface area contributed by atoms with E-state index in [0.29, 0.717) is 24.0 Å². The van der Waals surface area contributed by atoms with Crippen molar-refractivity contribution in [2.24, 2.45) is 0 Å². The van der Waals surface area contributed by atoms with Crippen molar-refractivity contribution in [3.05, 3.63) is 40.3 Å². The quantitative estimate of drug-likeness (QED) is 0.932. The lowest BCUT2D eigenvalue weighted by Gasteiger charge is -2.17. The van der Waals surface area contributed by atoms with Gasteiger partial charge in [0.05, 0.1) is 5.69 Å². The maximum Gasteiger partial charge on any atom is 0.270 e. The molecule has 1 aliphatic carbocycles. The zero-order chi connectivity index (χ0) is 13.4. The van der Waals surface area contributed by atoms with Crippen molar-refractivity contribution in [2.45, 2.75) is 25.4 Å². The summed E-state index contributed by atoms with van der Waals surface area (Å²) in [5.41, 5.74) is 8.37. The van der Waals surface area contributed by atoms with Crippen LogP contribution in [0.3, 0.4) is 0 Å². The van der Waals surface area contributed by atoms with E-state index >= 15 is 0 Å². The first-order valence-electron chi connectivity index (χ1n) is 6.39. The number of nitrogen functional groups attached to an aromatic ring is 1. The standard InChI is InChI=1S/C14H17N3OS/c1-16(7-10-4-5-19-9-10)14(18)13-6-11(15)8-17(13)12-2-3-12/h4-6,8-9,12H,2-3,7,15H2,1H3. The molecular weight excluding hydrogens is 258 g/mol. The molecule has 3 rings (SSSR count). The molecule has 0 bridgehead atoms. The second kappa shape index (κ2) is 4.74. The molecule has 0 atom stereocenters. The van der Waals surface area contributed by atoms with E-state index in [-0.39, 0.29) is 5.91 Å². The van der Waals surface area contributed by atoms with Crippen LogP contribution in [0.1, 0.15) is 34.9 Å². The van der Waals surface area contributed by atoms with E-state index in [1.807, 2.05) is 29.3 Å². The maximum absolute atomic E-state index is 12.5. The van der Waals surface area contributed by atoms with Gasteiger partial charge in [0.2, 0.25) is 0 Å². The van der Waals surface area contributed by atoms with Crippen LogP contribution in [0.5, 0.6) is 0 Å². The number of aromatic nitrogens is 1. The average Bonchev–Trinajstić information content (AvgIpc) is 2.97. The smallest absolute Gasteiger partial charge is 0.270 e. The number of amides is 1. The third-order valence-corrected chi connectivity index (χ3v) is 4.11. The second-order valence-corrected chi connectivity index (χ2v) is 5.87. The van der Waals surface area contributed by atoms with Gasteiger partial charge in [0, 0.05) is 25.8 Å². The van der Waals surface area contributed by atoms with Gasteiger partial charge in [-0.15, -0.1) is 0 Å². The summed E-state index contributed by atoms with van der Waals surface area (Å²) in [7, 11) is 1.83. The Labute approximate surface area is 116 Å². The molecule has 5 heteroatoms. The molecule has 1 fully saturated rings. The minimum atomic E-state index is 0.0369. The lowest BCUT2D eigenvalue weighted by atomic mass is 10.3. The van der Waals surface area contributed by atoms with Crippen LogP contribution >= 0.6 is 11.3 Å². The van der Waals surface area contributed by atoms with Crippen LogP contribution < -0.4 is 5.73 Å². The van der Waals surface area contributed by atoms with Crippen molar-refractivity contribution in [3.8, 4) is 0 Å². The molecule has 0 radical (unpaired) electrons. The summed E-state index contributed by atoms with van der Waals surface area (Å²) < 4.78 is 2.03. The fourth-order valence-corrected chi connectivity index (χ4v) is 2.91. The van der Waals surface area contributed by atoms with Gasteiger partial charge in [-0.3, -0.25) is 4.79 Å². The monoisotopic (exact) mass is 275 g/mol. The number of hydrogen-bond acceptors (Lipinski definition) is 3. The Bertz CT molecular complexity index is 584. The topological polar surface area (TPSA) is 51.3 Å². The minimum Gasteiger partial charge on any atom is -0.397 e. The number of nitrogens with zero attached hydrogens (tertiary/aromatic N) is 2. The third-order valence-electron chi connectivity index (χ3n) is 3.38. The summed E-state index contributed by atoms with van der Waals surface area (Å²) in [6.07, 6.45) is 4.16. The highest BCUT2D eigenvalue weighted by Gasteiger charge is 2.28. The van der Waals surface area contributed by atoms with Crippen LogP contribution in [0.2, 0.25) is 0 Å². The number of anilines is 1. The van der Waals surface area contributed by atoms with Gasteiger partial charge in [-0.05, 0) is 41.3 Å². The lowest BCUT2D eigenvalue weighted by molar-refractivity contribution is 0.0774. The van der Waals surface area contributed by atoms with Gasteiger partial charge in [-0.2, -0.15) is 11.3 Å². The Hall–Kier alpha value is -1.75. The van der Waals surface area contributed by atoms with Crippen molar-refractivity contribution in [1.82, 2.24) is 9.47 Å². The molecule has 0 saturated heterocycles. The van der Waals surface area contributed by atoms with Crippen LogP contribution in [0, 0.1) is 0 Å². The first-order valence-corrected chi connectivity index (χ1v) is 7.33. The van der Waals surface area contributed by atoms with Crippen LogP contribution in [-0.2, 0) is 6.54 Å². The first kappa shape index (κ1) is 12.3. The van der Waals surface area contributed by atoms with E-state index in [1.54, 1.807) is 22.3 Å². The molecule has 0 aliphatic heterocycles. The van der Waals surface area contributed by atoms with E-state index in [4.69, 9.17) is 5.73 Å². The van der Waals surface area contributed by atoms with Crippen molar-refractivity contribution in [2.75, 3.05) is 12.8 Å². The zero-order valence-electron chi connectivity index (χ0n) is 10.9. The predicted octanol–water partition coefficient (Wildman–Crippen LogP) is 2.74. The van der Waals surface area contributed by atoms with E-state index < -0.39 is 0 Å². The van der Waals surface area contributed by atoms with Gasteiger partial charge >= 0.3 is 0 Å². The van der Waals surface area contributed by atoms with Gasteiger partial charge in [0.25, 0.3) is 5.91 Å². The predicted molar refractivity (Wildman–Crippen MR) is 77.2 cm³/mol. The molecule has 2 aromatic heterocycles. The van der Waals surface area contributed by atoms with E-state index in [2.05, 4.69) is 5.38 Å². The molecule has 0 unspecified atom stereocenters. The molecule has 2 N–H and O–H groups in total. The Morgan fingerprint density at radius 2 is 2.37 bits per heavy atom. The first-order chi connectivity index (χ1) is 9.15. The average molecular weight is 275 g/mol. The molecule has 2 aromatic rings. The number of nitrogens with two attached hydrogens (primary N) is 1. The Kier molecular flexibility index (Phi) is 3.06. The van der Waals surface area contributed by atoms with Crippen LogP contribution in [-0.4, -0.2) is 22.4 Å². The van der Waals surface area contributed by atoms with Crippen LogP contribution in [0.25, 0.3) is 0 Å². The number of carbonyl (C=O) groups is 1. The molecule has 100 valence electrons. The van der Waals surface area contributed by atoms with Crippen molar-refractivity contribution >= 4 is 22.9 Å². The van der Waals surface area contributed by atoms with Crippen LogP contribution in [0.15, 0.2) is 29.1 Å². The Balaban J connectivity index is 1.79. The maximum atomic E-state index is 12.5. The summed E-state index contributed by atoms with van der Waals surface area (Å²) in [6, 6.07) is 4.29. The van der Waals surface area contributed by atoms with Crippen molar-refractivity contribution < 1.29 is 4.79 Å². The summed E-state index contributed by atoms with van der Waals surface area (Å²) >= 11 is 1.65. The van der Waals surface area contributed by atoms with Gasteiger partial charge in [-0.25, -0.2) is 0 Å². The van der Waals surface area contributed by atoms with E-state index in [9.17, 15) is 4.79 Å². The Morgan fingerprint density at radius 1 is 1.58 bits per heavy atom. The molecule has 2 heterocycles. The molecule has 1 saturated carbocycles. The molecule has 1 amide bonds. The highest BCUT2D eigenvalue weighted by Crippen LogP contribution is 2.37. The largest absolute Gasteiger partial charge is 0.397 e. The SMILES string of the molecule is CN(Cc1ccsc1)C(=O)c1cc(N)cn1C1CC1. The Morgan fingerprint density at radius 3 is 3.00 bits per heavy atom. The lowest BCUT2D eigenvalue weighted by Crippen LogP contribution is -2.27. The summed E-state index contributed by atoms with van der Waals surface area (Å²) in [5.74, 6) is 0.0369. The second-order valence-electron chi connectivity index (χ2n) is 5.09. The van der Waals surface area contributed by atoms with Gasteiger partial charge < -0.3 is 15.2 Å². The summed E-state index contributed by atoms with van der Waals surface area (Å²) in [5, 5.41) is 4.09. The van der Waals surface area contributed by atoms with E-state index in [1.165, 1.54) is 5.56 Å². The normalized spacial score (nSPS) is 14.6. The summed E-state index contributed by atoms with van der Waals surface area (Å²) in [4.78, 5) is 14.2. The molecule has 1 aliphatic rings. The number of thiophene rings is 1. The highest BCUT2D eigenvalue weighted by molar-refractivity contribution is 7.07. The third kappa shape index (κ3) is 2.51. The van der Waals surface area contributed by atoms with Gasteiger partial charge in [-0.1, -0.05) is 0 Å². The fourth-order valence-electron chi connectivity index (χ4n) is 2.25. The minimum absolute atomic E-state index is 0.0369. The molecular formula is C14H17N3OS. The zero-order valence-corrected chi connectivity index (χ0v) is 11.7. The van der Waals surface area contributed by atoms with Gasteiger partial charge in [0.15, 0.2) is 0 Å². The van der Waals surface area contributed by atoms with Crippen molar-refractivity contribution in [1.29, 1.82) is 0 Å². The fraction of sp³-hybridized carbons (Fsp3) is 0.357. The number of hydrogen-bond donors (Lipinski definition) is 1. The van der Waals surface area contributed by atoms with E-state index in [0.717, 1.165) is 12.8 Å². The molecule has 0 spiro atoms.